The molecule has 20 heavy (non-hydrogen) atoms. The third-order valence-electron chi connectivity index (χ3n) is 2.53. The minimum Gasteiger partial charge on any atom is -0.496 e. The van der Waals surface area contributed by atoms with Gasteiger partial charge in [0.25, 0.3) is 5.89 Å². The van der Waals surface area contributed by atoms with Crippen LogP contribution in [0.4, 0.5) is 0 Å². The number of rotatable bonds is 5. The maximum absolute atomic E-state index is 12.1. The number of benzene rings is 1. The molecule has 0 unspecified atom stereocenters. The molecule has 106 valence electrons. The Labute approximate surface area is 115 Å². The molecule has 0 aliphatic heterocycles. The molecule has 2 rings (SSSR count). The maximum Gasteiger partial charge on any atom is 0.346 e. The summed E-state index contributed by atoms with van der Waals surface area (Å²) in [5.74, 6) is 0.859. The molecule has 0 amide bonds. The van der Waals surface area contributed by atoms with Crippen molar-refractivity contribution in [3.05, 3.63) is 35.5 Å². The molecular formula is C13H14N2O5. The number of aryl methyl sites for hydroxylation is 1. The SMILES string of the molecule is COc1cccc(OC)c1C(=O)OCc1nc(C)no1. The van der Waals surface area contributed by atoms with Crippen LogP contribution < -0.4 is 9.47 Å². The molecule has 7 heteroatoms. The molecular weight excluding hydrogens is 264 g/mol. The number of ether oxygens (including phenoxy) is 3. The van der Waals surface area contributed by atoms with E-state index in [2.05, 4.69) is 10.1 Å². The van der Waals surface area contributed by atoms with Crippen molar-refractivity contribution >= 4 is 5.97 Å². The lowest BCUT2D eigenvalue weighted by Crippen LogP contribution is -2.09. The number of carbonyl (C=O) groups excluding carboxylic acids is 1. The first-order valence-electron chi connectivity index (χ1n) is 5.83. The van der Waals surface area contributed by atoms with Gasteiger partial charge in [0.1, 0.15) is 17.1 Å². The molecule has 0 atom stereocenters. The van der Waals surface area contributed by atoms with Gasteiger partial charge in [0.05, 0.1) is 14.2 Å². The highest BCUT2D eigenvalue weighted by atomic mass is 16.6. The van der Waals surface area contributed by atoms with Crippen LogP contribution in [0.3, 0.4) is 0 Å². The van der Waals surface area contributed by atoms with Gasteiger partial charge in [-0.3, -0.25) is 0 Å². The highest BCUT2D eigenvalue weighted by Gasteiger charge is 2.20. The molecule has 0 saturated carbocycles. The summed E-state index contributed by atoms with van der Waals surface area (Å²) in [5, 5.41) is 3.61. The first kappa shape index (κ1) is 13.9. The molecule has 0 aliphatic carbocycles. The number of aromatic nitrogens is 2. The Bertz CT molecular complexity index is 586. The molecule has 1 aromatic heterocycles. The second-order valence-corrected chi connectivity index (χ2v) is 3.85. The summed E-state index contributed by atoms with van der Waals surface area (Å²) < 4.78 is 20.2. The summed E-state index contributed by atoms with van der Waals surface area (Å²) in [7, 11) is 2.93. The lowest BCUT2D eigenvalue weighted by molar-refractivity contribution is 0.0422. The summed E-state index contributed by atoms with van der Waals surface area (Å²) in [5.41, 5.74) is 0.216. The normalized spacial score (nSPS) is 10.2. The zero-order valence-electron chi connectivity index (χ0n) is 11.4. The predicted octanol–water partition coefficient (Wildman–Crippen LogP) is 1.75. The fourth-order valence-electron chi connectivity index (χ4n) is 1.65. The summed E-state index contributed by atoms with van der Waals surface area (Å²) in [6.07, 6.45) is 0. The third kappa shape index (κ3) is 2.87. The van der Waals surface area contributed by atoms with Crippen LogP contribution in [0.2, 0.25) is 0 Å². The number of hydrogen-bond acceptors (Lipinski definition) is 7. The average molecular weight is 278 g/mol. The highest BCUT2D eigenvalue weighted by Crippen LogP contribution is 2.29. The van der Waals surface area contributed by atoms with Gasteiger partial charge in [-0.05, 0) is 19.1 Å². The largest absolute Gasteiger partial charge is 0.496 e. The van der Waals surface area contributed by atoms with E-state index in [1.54, 1.807) is 25.1 Å². The second-order valence-electron chi connectivity index (χ2n) is 3.85. The van der Waals surface area contributed by atoms with Gasteiger partial charge >= 0.3 is 5.97 Å². The van der Waals surface area contributed by atoms with Crippen LogP contribution in [0.15, 0.2) is 22.7 Å². The van der Waals surface area contributed by atoms with E-state index in [0.717, 1.165) is 0 Å². The number of hydrogen-bond donors (Lipinski definition) is 0. The second kappa shape index (κ2) is 6.05. The van der Waals surface area contributed by atoms with Crippen molar-refractivity contribution in [1.29, 1.82) is 0 Å². The summed E-state index contributed by atoms with van der Waals surface area (Å²) in [6, 6.07) is 5.02. The highest BCUT2D eigenvalue weighted by molar-refractivity contribution is 5.95. The fraction of sp³-hybridized carbons (Fsp3) is 0.308. The van der Waals surface area contributed by atoms with Crippen LogP contribution in [0.25, 0.3) is 0 Å². The van der Waals surface area contributed by atoms with Gasteiger partial charge in [0.15, 0.2) is 12.4 Å². The van der Waals surface area contributed by atoms with E-state index in [1.165, 1.54) is 14.2 Å². The van der Waals surface area contributed by atoms with Crippen LogP contribution in [0.1, 0.15) is 22.1 Å². The van der Waals surface area contributed by atoms with Crippen LogP contribution in [-0.2, 0) is 11.3 Å². The lowest BCUT2D eigenvalue weighted by Gasteiger charge is -2.11. The summed E-state index contributed by atoms with van der Waals surface area (Å²) >= 11 is 0. The molecule has 1 aromatic carbocycles. The van der Waals surface area contributed by atoms with Gasteiger partial charge in [0, 0.05) is 0 Å². The molecule has 0 aliphatic rings. The molecule has 1 heterocycles. The standard InChI is InChI=1S/C13H14N2O5/c1-8-14-11(20-15-8)7-19-13(16)12-9(17-2)5-4-6-10(12)18-3/h4-6H,7H2,1-3H3. The van der Waals surface area contributed by atoms with Crippen molar-refractivity contribution in [2.24, 2.45) is 0 Å². The first-order valence-corrected chi connectivity index (χ1v) is 5.83. The van der Waals surface area contributed by atoms with Gasteiger partial charge in [-0.1, -0.05) is 11.2 Å². The predicted molar refractivity (Wildman–Crippen MR) is 67.7 cm³/mol. The summed E-state index contributed by atoms with van der Waals surface area (Å²) in [6.45, 7) is 1.57. The van der Waals surface area contributed by atoms with Crippen molar-refractivity contribution in [2.75, 3.05) is 14.2 Å². The molecule has 0 saturated heterocycles. The van der Waals surface area contributed by atoms with Crippen molar-refractivity contribution in [1.82, 2.24) is 10.1 Å². The fourth-order valence-corrected chi connectivity index (χ4v) is 1.65. The molecule has 0 fully saturated rings. The van der Waals surface area contributed by atoms with Crippen molar-refractivity contribution in [3.63, 3.8) is 0 Å². The Balaban J connectivity index is 2.16. The average Bonchev–Trinajstić information content (AvgIpc) is 2.89. The lowest BCUT2D eigenvalue weighted by atomic mass is 10.2. The molecule has 7 nitrogen and oxygen atoms in total. The number of methoxy groups -OCH3 is 2. The van der Waals surface area contributed by atoms with E-state index >= 15 is 0 Å². The van der Waals surface area contributed by atoms with E-state index < -0.39 is 5.97 Å². The Kier molecular flexibility index (Phi) is 4.19. The number of carbonyl (C=O) groups is 1. The minimum absolute atomic E-state index is 0.110. The Morgan fingerprint density at radius 3 is 2.40 bits per heavy atom. The first-order chi connectivity index (χ1) is 9.65. The van der Waals surface area contributed by atoms with Gasteiger partial charge in [-0.15, -0.1) is 0 Å². The van der Waals surface area contributed by atoms with Crippen molar-refractivity contribution in [2.45, 2.75) is 13.5 Å². The summed E-state index contributed by atoms with van der Waals surface area (Å²) in [4.78, 5) is 16.1. The van der Waals surface area contributed by atoms with Crippen LogP contribution in [0.5, 0.6) is 11.5 Å². The smallest absolute Gasteiger partial charge is 0.346 e. The number of nitrogens with zero attached hydrogens (tertiary/aromatic N) is 2. The van der Waals surface area contributed by atoms with Gasteiger partial charge < -0.3 is 18.7 Å². The Morgan fingerprint density at radius 2 is 1.90 bits per heavy atom. The Hall–Kier alpha value is -2.57. The van der Waals surface area contributed by atoms with Gasteiger partial charge in [-0.25, -0.2) is 4.79 Å². The van der Waals surface area contributed by atoms with Gasteiger partial charge in [0.2, 0.25) is 0 Å². The maximum atomic E-state index is 12.1. The molecule has 2 aromatic rings. The van der Waals surface area contributed by atoms with E-state index in [0.29, 0.717) is 17.3 Å². The topological polar surface area (TPSA) is 83.7 Å². The van der Waals surface area contributed by atoms with E-state index in [-0.39, 0.29) is 18.1 Å². The molecule has 0 N–H and O–H groups in total. The quantitative estimate of drug-likeness (QED) is 0.770. The minimum atomic E-state index is -0.588. The monoisotopic (exact) mass is 278 g/mol. The van der Waals surface area contributed by atoms with Crippen LogP contribution in [0, 0.1) is 6.92 Å². The molecule has 0 spiro atoms. The van der Waals surface area contributed by atoms with Gasteiger partial charge in [-0.2, -0.15) is 4.98 Å². The third-order valence-corrected chi connectivity index (χ3v) is 2.53. The molecule has 0 bridgehead atoms. The van der Waals surface area contributed by atoms with Crippen LogP contribution in [-0.4, -0.2) is 30.3 Å². The number of esters is 1. The van der Waals surface area contributed by atoms with E-state index in [9.17, 15) is 4.79 Å². The van der Waals surface area contributed by atoms with E-state index in [1.807, 2.05) is 0 Å². The van der Waals surface area contributed by atoms with E-state index in [4.69, 9.17) is 18.7 Å². The Morgan fingerprint density at radius 1 is 1.25 bits per heavy atom. The van der Waals surface area contributed by atoms with Crippen molar-refractivity contribution in [3.8, 4) is 11.5 Å². The van der Waals surface area contributed by atoms with Crippen LogP contribution >= 0.6 is 0 Å². The zero-order chi connectivity index (χ0) is 14.5. The van der Waals surface area contributed by atoms with Crippen molar-refractivity contribution < 1.29 is 23.5 Å². The molecule has 0 radical (unpaired) electrons. The zero-order valence-corrected chi connectivity index (χ0v) is 11.4.